The van der Waals surface area contributed by atoms with Crippen molar-refractivity contribution >= 4 is 27.3 Å². The summed E-state index contributed by atoms with van der Waals surface area (Å²) in [4.78, 5) is 0. The molecular weight excluding hydrogens is 276 g/mol. The molecule has 1 aromatic carbocycles. The van der Waals surface area contributed by atoms with Gasteiger partial charge in [0.1, 0.15) is 0 Å². The lowest BCUT2D eigenvalue weighted by Gasteiger charge is -2.36. The summed E-state index contributed by atoms with van der Waals surface area (Å²) in [6.07, 6.45) is 7.03. The lowest BCUT2D eigenvalue weighted by Crippen LogP contribution is -2.39. The summed E-state index contributed by atoms with van der Waals surface area (Å²) in [7, 11) is 0. The third-order valence-electron chi connectivity index (χ3n) is 4.05. The highest BCUT2D eigenvalue weighted by Crippen LogP contribution is 2.34. The van der Waals surface area contributed by atoms with E-state index in [9.17, 15) is 0 Å². The van der Waals surface area contributed by atoms with E-state index in [0.29, 0.717) is 6.04 Å². The van der Waals surface area contributed by atoms with Gasteiger partial charge in [0.15, 0.2) is 0 Å². The van der Waals surface area contributed by atoms with Crippen LogP contribution < -0.4 is 10.6 Å². The highest BCUT2D eigenvalue weighted by molar-refractivity contribution is 9.10. The third-order valence-corrected chi connectivity index (χ3v) is 4.55. The number of rotatable bonds is 1. The van der Waals surface area contributed by atoms with Crippen LogP contribution in [0.5, 0.6) is 0 Å². The van der Waals surface area contributed by atoms with E-state index in [1.165, 1.54) is 43.5 Å². The second-order valence-electron chi connectivity index (χ2n) is 5.22. The van der Waals surface area contributed by atoms with Gasteiger partial charge in [-0.3, -0.25) is 0 Å². The summed E-state index contributed by atoms with van der Waals surface area (Å²) in [5, 5.41) is 7.27. The third kappa shape index (κ3) is 2.44. The van der Waals surface area contributed by atoms with Gasteiger partial charge in [-0.25, -0.2) is 0 Å². The molecule has 17 heavy (non-hydrogen) atoms. The zero-order chi connectivity index (χ0) is 11.7. The van der Waals surface area contributed by atoms with E-state index >= 15 is 0 Å². The lowest BCUT2D eigenvalue weighted by molar-refractivity contribution is 0.322. The van der Waals surface area contributed by atoms with Crippen LogP contribution in [0.2, 0.25) is 0 Å². The van der Waals surface area contributed by atoms with Crippen LogP contribution >= 0.6 is 15.9 Å². The zero-order valence-corrected chi connectivity index (χ0v) is 11.6. The van der Waals surface area contributed by atoms with E-state index in [4.69, 9.17) is 0 Å². The molecule has 1 atom stereocenters. The van der Waals surface area contributed by atoms with Gasteiger partial charge < -0.3 is 10.6 Å². The fraction of sp³-hybridized carbons (Fsp3) is 0.571. The Hall–Kier alpha value is -0.700. The first kappa shape index (κ1) is 11.4. The SMILES string of the molecule is Brc1ccc2c(c1)NC(C1CCCCC1)CN2. The smallest absolute Gasteiger partial charge is 0.0590 e. The predicted molar refractivity (Wildman–Crippen MR) is 76.6 cm³/mol. The van der Waals surface area contributed by atoms with E-state index in [0.717, 1.165) is 16.9 Å². The van der Waals surface area contributed by atoms with Crippen molar-refractivity contribution in [2.75, 3.05) is 17.2 Å². The van der Waals surface area contributed by atoms with Gasteiger partial charge in [-0.05, 0) is 37.0 Å². The molecule has 1 aromatic rings. The van der Waals surface area contributed by atoms with Gasteiger partial charge in [-0.2, -0.15) is 0 Å². The maximum Gasteiger partial charge on any atom is 0.0590 e. The Balaban J connectivity index is 1.75. The maximum absolute atomic E-state index is 3.72. The van der Waals surface area contributed by atoms with Crippen LogP contribution in [-0.2, 0) is 0 Å². The van der Waals surface area contributed by atoms with Crippen molar-refractivity contribution in [2.24, 2.45) is 5.92 Å². The number of hydrogen-bond donors (Lipinski definition) is 2. The van der Waals surface area contributed by atoms with Crippen molar-refractivity contribution < 1.29 is 0 Å². The predicted octanol–water partition coefficient (Wildman–Crippen LogP) is 4.24. The van der Waals surface area contributed by atoms with Crippen molar-refractivity contribution in [1.82, 2.24) is 0 Å². The molecule has 1 aliphatic carbocycles. The van der Waals surface area contributed by atoms with Gasteiger partial charge in [-0.1, -0.05) is 35.2 Å². The first-order valence-corrected chi connectivity index (χ1v) is 7.42. The minimum absolute atomic E-state index is 0.608. The maximum atomic E-state index is 3.72. The Labute approximate surface area is 111 Å². The highest BCUT2D eigenvalue weighted by Gasteiger charge is 2.26. The van der Waals surface area contributed by atoms with Crippen LogP contribution in [0.15, 0.2) is 22.7 Å². The van der Waals surface area contributed by atoms with Crippen LogP contribution in [-0.4, -0.2) is 12.6 Å². The van der Waals surface area contributed by atoms with Crippen molar-refractivity contribution in [2.45, 2.75) is 38.1 Å². The molecule has 1 saturated carbocycles. The molecule has 0 amide bonds. The van der Waals surface area contributed by atoms with Crippen LogP contribution in [0.3, 0.4) is 0 Å². The molecule has 2 aliphatic rings. The van der Waals surface area contributed by atoms with E-state index in [-0.39, 0.29) is 0 Å². The molecule has 3 rings (SSSR count). The Kier molecular flexibility index (Phi) is 3.28. The fourth-order valence-corrected chi connectivity index (χ4v) is 3.44. The van der Waals surface area contributed by atoms with Crippen molar-refractivity contribution in [3.05, 3.63) is 22.7 Å². The van der Waals surface area contributed by atoms with E-state index in [2.05, 4.69) is 44.8 Å². The summed E-state index contributed by atoms with van der Waals surface area (Å²) in [6, 6.07) is 7.02. The van der Waals surface area contributed by atoms with Gasteiger partial charge in [-0.15, -0.1) is 0 Å². The normalized spacial score (nSPS) is 24.6. The van der Waals surface area contributed by atoms with Crippen molar-refractivity contribution in [3.63, 3.8) is 0 Å². The average molecular weight is 295 g/mol. The topological polar surface area (TPSA) is 24.1 Å². The number of hydrogen-bond acceptors (Lipinski definition) is 2. The molecule has 1 unspecified atom stereocenters. The number of halogens is 1. The molecule has 0 spiro atoms. The molecule has 0 saturated heterocycles. The Morgan fingerprint density at radius 2 is 1.88 bits per heavy atom. The molecule has 92 valence electrons. The monoisotopic (exact) mass is 294 g/mol. The van der Waals surface area contributed by atoms with Crippen LogP contribution in [0.4, 0.5) is 11.4 Å². The van der Waals surface area contributed by atoms with E-state index < -0.39 is 0 Å². The number of fused-ring (bicyclic) bond motifs is 1. The summed E-state index contributed by atoms with van der Waals surface area (Å²) in [6.45, 7) is 1.07. The molecule has 0 radical (unpaired) electrons. The number of nitrogens with one attached hydrogen (secondary N) is 2. The molecular formula is C14H19BrN2. The second-order valence-corrected chi connectivity index (χ2v) is 6.14. The van der Waals surface area contributed by atoms with Gasteiger partial charge in [0.05, 0.1) is 11.4 Å². The van der Waals surface area contributed by atoms with Crippen LogP contribution in [0.25, 0.3) is 0 Å². The molecule has 1 heterocycles. The van der Waals surface area contributed by atoms with Crippen LogP contribution in [0.1, 0.15) is 32.1 Å². The fourth-order valence-electron chi connectivity index (χ4n) is 3.08. The van der Waals surface area contributed by atoms with Gasteiger partial charge in [0, 0.05) is 17.1 Å². The first-order chi connectivity index (χ1) is 8.33. The molecule has 0 bridgehead atoms. The quantitative estimate of drug-likeness (QED) is 0.810. The Bertz CT molecular complexity index is 399. The summed E-state index contributed by atoms with van der Waals surface area (Å²) < 4.78 is 1.15. The molecule has 2 nitrogen and oxygen atoms in total. The molecule has 1 aliphatic heterocycles. The van der Waals surface area contributed by atoms with Gasteiger partial charge in [0.2, 0.25) is 0 Å². The van der Waals surface area contributed by atoms with Crippen molar-refractivity contribution in [3.8, 4) is 0 Å². The lowest BCUT2D eigenvalue weighted by atomic mass is 9.83. The van der Waals surface area contributed by atoms with Gasteiger partial charge in [0.25, 0.3) is 0 Å². The van der Waals surface area contributed by atoms with Crippen LogP contribution in [0, 0.1) is 5.92 Å². The molecule has 2 N–H and O–H groups in total. The number of benzene rings is 1. The average Bonchev–Trinajstić information content (AvgIpc) is 2.39. The van der Waals surface area contributed by atoms with Gasteiger partial charge >= 0.3 is 0 Å². The summed E-state index contributed by atoms with van der Waals surface area (Å²) >= 11 is 3.54. The summed E-state index contributed by atoms with van der Waals surface area (Å²) in [5.74, 6) is 0.850. The van der Waals surface area contributed by atoms with E-state index in [1.807, 2.05) is 0 Å². The zero-order valence-electron chi connectivity index (χ0n) is 10.0. The van der Waals surface area contributed by atoms with Crippen molar-refractivity contribution in [1.29, 1.82) is 0 Å². The molecule has 1 fully saturated rings. The molecule has 0 aromatic heterocycles. The first-order valence-electron chi connectivity index (χ1n) is 6.63. The van der Waals surface area contributed by atoms with E-state index in [1.54, 1.807) is 0 Å². The number of anilines is 2. The standard InChI is InChI=1S/C14H19BrN2/c15-11-6-7-12-13(8-11)17-14(9-16-12)10-4-2-1-3-5-10/h6-8,10,14,16-17H,1-5,9H2. The minimum Gasteiger partial charge on any atom is -0.381 e. The summed E-state index contributed by atoms with van der Waals surface area (Å²) in [5.41, 5.74) is 2.49. The Morgan fingerprint density at radius 3 is 2.71 bits per heavy atom. The largest absolute Gasteiger partial charge is 0.381 e. The molecule has 3 heteroatoms. The highest BCUT2D eigenvalue weighted by atomic mass is 79.9. The Morgan fingerprint density at radius 1 is 1.06 bits per heavy atom. The minimum atomic E-state index is 0.608. The second kappa shape index (κ2) is 4.89.